The lowest BCUT2D eigenvalue weighted by Gasteiger charge is -2.07. The smallest absolute Gasteiger partial charge is 0.222 e. The van der Waals surface area contributed by atoms with Gasteiger partial charge in [-0.05, 0) is 35.9 Å². The van der Waals surface area contributed by atoms with E-state index < -0.39 is 4.90 Å². The van der Waals surface area contributed by atoms with E-state index in [0.717, 1.165) is 0 Å². The first-order valence-electron chi connectivity index (χ1n) is 6.08. The molecule has 1 aromatic heterocycles. The Morgan fingerprint density at radius 1 is 1.05 bits per heavy atom. The molecule has 106 valence electrons. The van der Waals surface area contributed by atoms with Crippen LogP contribution in [0.5, 0.6) is 11.5 Å². The van der Waals surface area contributed by atoms with Crippen molar-refractivity contribution in [1.29, 1.82) is 0 Å². The maximum atomic E-state index is 10.6. The molecule has 0 saturated carbocycles. The van der Waals surface area contributed by atoms with Crippen LogP contribution in [-0.4, -0.2) is 20.8 Å². The molecule has 2 N–H and O–H groups in total. The first kappa shape index (κ1) is 12.9. The van der Waals surface area contributed by atoms with Gasteiger partial charge in [-0.3, -0.25) is 0 Å². The highest BCUT2D eigenvalue weighted by Gasteiger charge is 2.13. The molecule has 1 aromatic carbocycles. The van der Waals surface area contributed by atoms with Gasteiger partial charge >= 0.3 is 0 Å². The van der Waals surface area contributed by atoms with E-state index in [4.69, 9.17) is 4.42 Å². The van der Waals surface area contributed by atoms with Gasteiger partial charge in [0.25, 0.3) is 0 Å². The number of phenolic OH excluding ortho intramolecular Hbond substituents is 1. The Kier molecular flexibility index (Phi) is 2.91. The number of fused-ring (bicyclic) bond motifs is 1. The number of furan rings is 1. The number of allylic oxidation sites excluding steroid dienone is 5. The fourth-order valence-electron chi connectivity index (χ4n) is 2.03. The van der Waals surface area contributed by atoms with Crippen LogP contribution in [0, 0.1) is 10.4 Å². The maximum Gasteiger partial charge on any atom is 0.222 e. The number of rotatable bonds is 1. The highest BCUT2D eigenvalue weighted by Crippen LogP contribution is 2.35. The maximum absolute atomic E-state index is 10.6. The third kappa shape index (κ3) is 2.34. The van der Waals surface area contributed by atoms with Crippen molar-refractivity contribution < 1.29 is 19.5 Å². The van der Waals surface area contributed by atoms with Crippen molar-refractivity contribution in [3.05, 3.63) is 64.3 Å². The van der Waals surface area contributed by atoms with Crippen LogP contribution in [-0.2, 0) is 0 Å². The molecule has 2 aromatic rings. The summed E-state index contributed by atoms with van der Waals surface area (Å²) in [5.41, 5.74) is 1.01. The molecule has 3 rings (SSSR count). The van der Waals surface area contributed by atoms with Crippen molar-refractivity contribution in [3.8, 4) is 11.5 Å². The third-order valence-electron chi connectivity index (χ3n) is 3.08. The monoisotopic (exact) mass is 284 g/mol. The summed E-state index contributed by atoms with van der Waals surface area (Å²) in [4.78, 5) is -0.481. The van der Waals surface area contributed by atoms with Gasteiger partial charge in [-0.1, -0.05) is 0 Å². The summed E-state index contributed by atoms with van der Waals surface area (Å²) in [5, 5.41) is 41.1. The first-order chi connectivity index (χ1) is 10.0. The number of hydrogen-bond acceptors (Lipinski definition) is 5. The normalized spacial score (nSPS) is 13.9. The summed E-state index contributed by atoms with van der Waals surface area (Å²) < 4.78 is 5.46. The molecule has 0 amide bonds. The number of nitrogens with zero attached hydrogens (tertiary/aromatic N) is 1. The summed E-state index contributed by atoms with van der Waals surface area (Å²) in [6, 6.07) is 4.41. The molecule has 0 fully saturated rings. The highest BCUT2D eigenvalue weighted by atomic mass is 16.8. The van der Waals surface area contributed by atoms with Gasteiger partial charge < -0.3 is 25.0 Å². The van der Waals surface area contributed by atoms with E-state index in [1.807, 2.05) is 0 Å². The average molecular weight is 284 g/mol. The molecule has 0 bridgehead atoms. The predicted octanol–water partition coefficient (Wildman–Crippen LogP) is 2.80. The van der Waals surface area contributed by atoms with Gasteiger partial charge in [-0.15, -0.1) is 0 Å². The number of phenols is 1. The topological polar surface area (TPSA) is 103 Å². The summed E-state index contributed by atoms with van der Waals surface area (Å²) in [5.74, 6) is 0.228. The molecule has 21 heavy (non-hydrogen) atoms. The first-order valence-corrected chi connectivity index (χ1v) is 6.08. The quantitative estimate of drug-likeness (QED) is 0.619. The van der Waals surface area contributed by atoms with Crippen molar-refractivity contribution in [1.82, 2.24) is 0 Å². The molecule has 1 heterocycles. The van der Waals surface area contributed by atoms with Crippen LogP contribution >= 0.6 is 0 Å². The summed E-state index contributed by atoms with van der Waals surface area (Å²) in [7, 11) is 0. The lowest BCUT2D eigenvalue weighted by atomic mass is 10.1. The molecule has 1 aliphatic carbocycles. The van der Waals surface area contributed by atoms with Gasteiger partial charge in [0, 0.05) is 18.2 Å². The van der Waals surface area contributed by atoms with Crippen LogP contribution in [0.15, 0.2) is 52.5 Å². The Labute approximate surface area is 119 Å². The molecule has 0 aliphatic heterocycles. The van der Waals surface area contributed by atoms with Crippen LogP contribution in [0.3, 0.4) is 0 Å². The zero-order chi connectivity index (χ0) is 15.0. The van der Waals surface area contributed by atoms with Gasteiger partial charge in [0.1, 0.15) is 11.3 Å². The van der Waals surface area contributed by atoms with Crippen molar-refractivity contribution in [3.63, 3.8) is 0 Å². The number of aromatic hydroxyl groups is 2. The van der Waals surface area contributed by atoms with E-state index in [2.05, 4.69) is 0 Å². The third-order valence-corrected chi connectivity index (χ3v) is 3.08. The van der Waals surface area contributed by atoms with E-state index in [1.165, 1.54) is 24.3 Å². The second kappa shape index (κ2) is 4.75. The fraction of sp³-hybridized carbons (Fsp3) is 0. The average Bonchev–Trinajstić information content (AvgIpc) is 2.75. The van der Waals surface area contributed by atoms with Gasteiger partial charge in [0.05, 0.1) is 5.39 Å². The van der Waals surface area contributed by atoms with E-state index >= 15 is 0 Å². The predicted molar refractivity (Wildman–Crippen MR) is 77.8 cm³/mol. The minimum atomic E-state index is -0.481. The molecular weight excluding hydrogens is 274 g/mol. The zero-order valence-electron chi connectivity index (χ0n) is 10.7. The zero-order valence-corrected chi connectivity index (χ0v) is 10.7. The summed E-state index contributed by atoms with van der Waals surface area (Å²) in [6.45, 7) is 0. The summed E-state index contributed by atoms with van der Waals surface area (Å²) in [6.07, 6.45) is 7.43. The van der Waals surface area contributed by atoms with E-state index in [9.17, 15) is 20.6 Å². The van der Waals surface area contributed by atoms with Gasteiger partial charge in [0.15, 0.2) is 11.5 Å². The minimum Gasteiger partial charge on any atom is -0.612 e. The number of hydrogen-bond donors (Lipinski definition) is 2. The molecular formula is C15H10NO5-. The van der Waals surface area contributed by atoms with E-state index in [-0.39, 0.29) is 23.0 Å². The van der Waals surface area contributed by atoms with Crippen LogP contribution in [0.1, 0.15) is 5.76 Å². The van der Waals surface area contributed by atoms with E-state index in [1.54, 1.807) is 24.3 Å². The van der Waals surface area contributed by atoms with E-state index in [0.29, 0.717) is 16.5 Å². The molecule has 0 unspecified atom stereocenters. The standard InChI is InChI=1S/C15H10NO5/c17-11-5-6-12-13(8-11)21-14(15(12)18)7-9-1-3-10(4-2-9)16(19)20/h1-8H,(H2-,17,18,19,20)/q-1. The Morgan fingerprint density at radius 3 is 2.43 bits per heavy atom. The molecule has 0 atom stereocenters. The lowest BCUT2D eigenvalue weighted by Crippen LogP contribution is -2.06. The molecule has 0 radical (unpaired) electrons. The Balaban J connectivity index is 2.01. The lowest BCUT2D eigenvalue weighted by molar-refractivity contribution is -0.377. The largest absolute Gasteiger partial charge is 0.612 e. The van der Waals surface area contributed by atoms with Gasteiger partial charge in [0.2, 0.25) is 5.71 Å². The van der Waals surface area contributed by atoms with Crippen LogP contribution in [0.25, 0.3) is 17.0 Å². The van der Waals surface area contributed by atoms with Crippen molar-refractivity contribution in [2.24, 2.45) is 0 Å². The Morgan fingerprint density at radius 2 is 1.76 bits per heavy atom. The molecule has 0 saturated heterocycles. The molecule has 0 spiro atoms. The second-order valence-electron chi connectivity index (χ2n) is 4.49. The molecule has 6 nitrogen and oxygen atoms in total. The van der Waals surface area contributed by atoms with Gasteiger partial charge in [-0.2, -0.15) is 4.90 Å². The SMILES string of the molecule is [O-][N+]([O-])=C1C=CC(=Cc2oc3cc(O)ccc3c2O)C=C1. The van der Waals surface area contributed by atoms with Crippen molar-refractivity contribution >= 4 is 22.8 Å². The Hall–Kier alpha value is -3.15. The molecule has 6 heteroatoms. The fourth-order valence-corrected chi connectivity index (χ4v) is 2.03. The molecule has 1 aliphatic rings. The summed E-state index contributed by atoms with van der Waals surface area (Å²) >= 11 is 0. The van der Waals surface area contributed by atoms with Crippen LogP contribution in [0.2, 0.25) is 0 Å². The Bertz CT molecular complexity index is 817. The minimum absolute atomic E-state index is 0.00843. The van der Waals surface area contributed by atoms with Crippen LogP contribution < -0.4 is 0 Å². The van der Waals surface area contributed by atoms with Crippen LogP contribution in [0.4, 0.5) is 0 Å². The van der Waals surface area contributed by atoms with Crippen molar-refractivity contribution in [2.75, 3.05) is 0 Å². The second-order valence-corrected chi connectivity index (χ2v) is 4.49. The van der Waals surface area contributed by atoms with Gasteiger partial charge in [-0.25, -0.2) is 0 Å². The number of benzene rings is 1. The highest BCUT2D eigenvalue weighted by molar-refractivity contribution is 6.03. The van der Waals surface area contributed by atoms with Crippen molar-refractivity contribution in [2.45, 2.75) is 0 Å².